The number of nitriles is 1. The van der Waals surface area contributed by atoms with Crippen LogP contribution in [0.3, 0.4) is 0 Å². The highest BCUT2D eigenvalue weighted by Gasteiger charge is 2.29. The van der Waals surface area contributed by atoms with E-state index >= 15 is 0 Å². The summed E-state index contributed by atoms with van der Waals surface area (Å²) >= 11 is 5.91. The lowest BCUT2D eigenvalue weighted by Gasteiger charge is -2.29. The highest BCUT2D eigenvalue weighted by Crippen LogP contribution is 2.22. The van der Waals surface area contributed by atoms with E-state index in [-0.39, 0.29) is 11.8 Å². The normalized spacial score (nSPS) is 26.6. The van der Waals surface area contributed by atoms with Crippen molar-refractivity contribution >= 4 is 29.1 Å². The van der Waals surface area contributed by atoms with E-state index in [1.54, 1.807) is 18.2 Å². The predicted molar refractivity (Wildman–Crippen MR) is 81.2 cm³/mol. The molecule has 3 aliphatic rings. The summed E-state index contributed by atoms with van der Waals surface area (Å²) in [4.78, 5) is 22.8. The van der Waals surface area contributed by atoms with Gasteiger partial charge in [-0.25, -0.2) is 4.99 Å². The number of allylic oxidation sites excluding steroid dienone is 3. The van der Waals surface area contributed by atoms with E-state index in [0.29, 0.717) is 23.1 Å². The number of carbonyl (C=O) groups is 1. The van der Waals surface area contributed by atoms with Crippen LogP contribution in [0.1, 0.15) is 12.8 Å². The Hall–Kier alpha value is -1.77. The average Bonchev–Trinajstić information content (AvgIpc) is 2.49. The molecule has 2 aliphatic heterocycles. The second-order valence-electron chi connectivity index (χ2n) is 5.45. The fourth-order valence-corrected chi connectivity index (χ4v) is 2.92. The number of rotatable bonds is 2. The molecular weight excluding hydrogens is 288 g/mol. The molecule has 0 aromatic heterocycles. The summed E-state index contributed by atoms with van der Waals surface area (Å²) in [7, 11) is 0. The van der Waals surface area contributed by atoms with Crippen LogP contribution in [0.4, 0.5) is 0 Å². The zero-order valence-corrected chi connectivity index (χ0v) is 12.3. The smallest absolute Gasteiger partial charge is 0.260 e. The summed E-state index contributed by atoms with van der Waals surface area (Å²) < 4.78 is 0. The fourth-order valence-electron chi connectivity index (χ4n) is 2.74. The van der Waals surface area contributed by atoms with Crippen LogP contribution in [-0.4, -0.2) is 42.0 Å². The molecule has 108 valence electrons. The molecule has 1 atom stereocenters. The molecule has 0 saturated carbocycles. The van der Waals surface area contributed by atoms with E-state index in [1.807, 2.05) is 0 Å². The van der Waals surface area contributed by atoms with Crippen molar-refractivity contribution in [1.82, 2.24) is 4.90 Å². The van der Waals surface area contributed by atoms with Crippen molar-refractivity contribution in [1.29, 1.82) is 5.26 Å². The largest absolute Gasteiger partial charge is 0.296 e. The van der Waals surface area contributed by atoms with Gasteiger partial charge in [-0.3, -0.25) is 9.69 Å². The van der Waals surface area contributed by atoms with Crippen molar-refractivity contribution in [3.63, 3.8) is 0 Å². The summed E-state index contributed by atoms with van der Waals surface area (Å²) in [5.74, 6) is 0.0677. The van der Waals surface area contributed by atoms with Crippen molar-refractivity contribution in [2.24, 2.45) is 21.8 Å². The standard InChI is InChI=1S/C15H15ClN4O/c16-11-1-2-13-12(7-11)15(21)19-14(18-13)9-20-5-3-10(8-17)4-6-20/h1-2,7,10,12H,3-6,9H2. The van der Waals surface area contributed by atoms with Gasteiger partial charge in [0.2, 0.25) is 0 Å². The Morgan fingerprint density at radius 3 is 2.81 bits per heavy atom. The van der Waals surface area contributed by atoms with E-state index < -0.39 is 5.92 Å². The first kappa shape index (κ1) is 14.2. The number of amidine groups is 1. The van der Waals surface area contributed by atoms with Crippen molar-refractivity contribution in [3.8, 4) is 6.07 Å². The summed E-state index contributed by atoms with van der Waals surface area (Å²) in [5.41, 5.74) is 0.710. The van der Waals surface area contributed by atoms with Gasteiger partial charge in [0, 0.05) is 11.0 Å². The predicted octanol–water partition coefficient (Wildman–Crippen LogP) is 1.91. The lowest BCUT2D eigenvalue weighted by molar-refractivity contribution is -0.118. The van der Waals surface area contributed by atoms with Crippen LogP contribution in [0.15, 0.2) is 33.2 Å². The quantitative estimate of drug-likeness (QED) is 0.782. The number of piperidine rings is 1. The first-order chi connectivity index (χ1) is 10.2. The lowest BCUT2D eigenvalue weighted by atomic mass is 9.96. The summed E-state index contributed by atoms with van der Waals surface area (Å²) in [6.07, 6.45) is 6.94. The van der Waals surface area contributed by atoms with Crippen LogP contribution in [-0.2, 0) is 4.79 Å². The minimum Gasteiger partial charge on any atom is -0.296 e. The van der Waals surface area contributed by atoms with E-state index in [4.69, 9.17) is 16.9 Å². The highest BCUT2D eigenvalue weighted by molar-refractivity contribution is 6.33. The molecule has 1 aliphatic carbocycles. The Morgan fingerprint density at radius 2 is 2.10 bits per heavy atom. The van der Waals surface area contributed by atoms with E-state index in [2.05, 4.69) is 21.0 Å². The molecule has 1 unspecified atom stereocenters. The maximum Gasteiger partial charge on any atom is 0.260 e. The van der Waals surface area contributed by atoms with Crippen LogP contribution in [0.5, 0.6) is 0 Å². The molecule has 5 nitrogen and oxygen atoms in total. The summed E-state index contributed by atoms with van der Waals surface area (Å²) in [6, 6.07) is 2.31. The minimum absolute atomic E-state index is 0.153. The molecule has 0 N–H and O–H groups in total. The molecule has 0 radical (unpaired) electrons. The van der Waals surface area contributed by atoms with Gasteiger partial charge in [-0.1, -0.05) is 11.6 Å². The molecule has 21 heavy (non-hydrogen) atoms. The molecular formula is C15H15ClN4O. The van der Waals surface area contributed by atoms with Crippen molar-refractivity contribution in [3.05, 3.63) is 23.3 Å². The summed E-state index contributed by atoms with van der Waals surface area (Å²) in [6.45, 7) is 2.26. The number of carbonyl (C=O) groups excluding carboxylic acids is 1. The molecule has 1 saturated heterocycles. The number of nitrogens with zero attached hydrogens (tertiary/aromatic N) is 4. The third-order valence-corrected chi connectivity index (χ3v) is 4.21. The number of likely N-dealkylation sites (tertiary alicyclic amines) is 1. The number of hydrogen-bond acceptors (Lipinski definition) is 4. The minimum atomic E-state index is -0.435. The number of amides is 1. The SMILES string of the molecule is N#CC1CCN(CC2=NC(=O)C3C=C(Cl)C=CC3=N2)CC1. The topological polar surface area (TPSA) is 68.8 Å². The molecule has 0 bridgehead atoms. The molecule has 0 aromatic rings. The Balaban J connectivity index is 1.67. The van der Waals surface area contributed by atoms with Crippen LogP contribution in [0.2, 0.25) is 0 Å². The van der Waals surface area contributed by atoms with Crippen molar-refractivity contribution < 1.29 is 4.79 Å². The first-order valence-electron chi connectivity index (χ1n) is 7.03. The van der Waals surface area contributed by atoms with Gasteiger partial charge < -0.3 is 0 Å². The van der Waals surface area contributed by atoms with E-state index in [0.717, 1.165) is 25.9 Å². The lowest BCUT2D eigenvalue weighted by Crippen LogP contribution is -2.39. The average molecular weight is 303 g/mol. The zero-order valence-electron chi connectivity index (χ0n) is 11.5. The van der Waals surface area contributed by atoms with Gasteiger partial charge in [0.05, 0.1) is 18.3 Å². The highest BCUT2D eigenvalue weighted by atomic mass is 35.5. The van der Waals surface area contributed by atoms with Crippen LogP contribution in [0, 0.1) is 23.2 Å². The zero-order chi connectivity index (χ0) is 14.8. The monoisotopic (exact) mass is 302 g/mol. The van der Waals surface area contributed by atoms with Crippen LogP contribution in [0.25, 0.3) is 0 Å². The van der Waals surface area contributed by atoms with Gasteiger partial charge in [0.15, 0.2) is 0 Å². The second-order valence-corrected chi connectivity index (χ2v) is 5.88. The number of halogens is 1. The van der Waals surface area contributed by atoms with E-state index in [9.17, 15) is 4.79 Å². The molecule has 0 aromatic carbocycles. The second kappa shape index (κ2) is 5.92. The first-order valence-corrected chi connectivity index (χ1v) is 7.41. The van der Waals surface area contributed by atoms with Gasteiger partial charge >= 0.3 is 0 Å². The Kier molecular flexibility index (Phi) is 4.00. The molecule has 1 amide bonds. The third kappa shape index (κ3) is 3.12. The number of fused-ring (bicyclic) bond motifs is 1. The molecule has 1 fully saturated rings. The third-order valence-electron chi connectivity index (χ3n) is 3.96. The van der Waals surface area contributed by atoms with Gasteiger partial charge in [0.25, 0.3) is 5.91 Å². The van der Waals surface area contributed by atoms with Gasteiger partial charge in [-0.05, 0) is 44.2 Å². The molecule has 6 heteroatoms. The van der Waals surface area contributed by atoms with Gasteiger partial charge in [-0.2, -0.15) is 10.3 Å². The Bertz CT molecular complexity index is 618. The molecule has 3 rings (SSSR count). The number of aliphatic imine (C=N–C) groups is 2. The fraction of sp³-hybridized carbons (Fsp3) is 0.467. The maximum absolute atomic E-state index is 12.1. The van der Waals surface area contributed by atoms with Crippen LogP contribution < -0.4 is 0 Å². The summed E-state index contributed by atoms with van der Waals surface area (Å²) in [5, 5.41) is 9.45. The molecule has 0 spiro atoms. The van der Waals surface area contributed by atoms with Crippen LogP contribution >= 0.6 is 11.6 Å². The van der Waals surface area contributed by atoms with Gasteiger partial charge in [-0.15, -0.1) is 0 Å². The van der Waals surface area contributed by atoms with Crippen molar-refractivity contribution in [2.75, 3.05) is 19.6 Å². The maximum atomic E-state index is 12.1. The van der Waals surface area contributed by atoms with E-state index in [1.165, 1.54) is 0 Å². The number of hydrogen-bond donors (Lipinski definition) is 0. The Labute approximate surface area is 128 Å². The van der Waals surface area contributed by atoms with Gasteiger partial charge in [0.1, 0.15) is 11.8 Å². The molecule has 2 heterocycles. The Morgan fingerprint density at radius 1 is 1.33 bits per heavy atom. The van der Waals surface area contributed by atoms with Crippen molar-refractivity contribution in [2.45, 2.75) is 12.8 Å².